The molecule has 172 valence electrons. The van der Waals surface area contributed by atoms with Gasteiger partial charge < -0.3 is 10.6 Å². The van der Waals surface area contributed by atoms with Crippen LogP contribution in [0.2, 0.25) is 0 Å². The lowest BCUT2D eigenvalue weighted by molar-refractivity contribution is -0.102. The summed E-state index contributed by atoms with van der Waals surface area (Å²) < 4.78 is 25.2. The Morgan fingerprint density at radius 3 is 2.45 bits per heavy atom. The van der Waals surface area contributed by atoms with Crippen molar-refractivity contribution in [2.24, 2.45) is 16.6 Å². The summed E-state index contributed by atoms with van der Waals surface area (Å²) in [5.41, 5.74) is 6.75. The molecule has 0 aromatic carbocycles. The van der Waals surface area contributed by atoms with Crippen LogP contribution >= 0.6 is 0 Å². The fourth-order valence-corrected chi connectivity index (χ4v) is 4.46. The Balaban J connectivity index is 1.75. The summed E-state index contributed by atoms with van der Waals surface area (Å²) in [7, 11) is -3.39. The Morgan fingerprint density at radius 1 is 1.19 bits per heavy atom. The number of unbranched alkanes of at least 4 members (excludes halogenated alkanes) is 3. The maximum Gasteiger partial charge on any atom is 0.233 e. The molecule has 1 aliphatic carbocycles. The second-order valence-corrected chi connectivity index (χ2v) is 9.80. The number of guanidine groups is 1. The Hall–Kier alpha value is -2.22. The van der Waals surface area contributed by atoms with Gasteiger partial charge in [-0.25, -0.2) is 8.42 Å². The topological polar surface area (TPSA) is 125 Å². The molecule has 0 radical (unpaired) electrons. The van der Waals surface area contributed by atoms with Crippen LogP contribution in [0.1, 0.15) is 57.8 Å². The lowest BCUT2D eigenvalue weighted by Crippen LogP contribution is -2.38. The summed E-state index contributed by atoms with van der Waals surface area (Å²) in [4.78, 5) is 15.1. The number of nitrogens with two attached hydrogens (primary N) is 1. The van der Waals surface area contributed by atoms with E-state index in [1.54, 1.807) is 23.5 Å². The van der Waals surface area contributed by atoms with Crippen LogP contribution in [0.5, 0.6) is 0 Å². The zero-order valence-electron chi connectivity index (χ0n) is 18.3. The van der Waals surface area contributed by atoms with Crippen LogP contribution in [0.15, 0.2) is 29.5 Å². The number of nitrogens with zero attached hydrogens (tertiary/aromatic N) is 5. The standard InChI is InChI=1S/C21H34N6O3S/c1-31(28,29)27(30-17-19-9-5-4-6-10-19)16-8-3-2-7-15-26(21(23)25-18-22)20-11-13-24-14-12-20/h11-14,19H,2-10,15-17H2,1H3,(H2,23,25). The van der Waals surface area contributed by atoms with Crippen molar-refractivity contribution in [1.29, 1.82) is 5.26 Å². The highest BCUT2D eigenvalue weighted by atomic mass is 32.2. The number of aromatic nitrogens is 1. The quantitative estimate of drug-likeness (QED) is 0.171. The Morgan fingerprint density at radius 2 is 1.84 bits per heavy atom. The molecular formula is C21H34N6O3S. The Labute approximate surface area is 185 Å². The molecule has 2 N–H and O–H groups in total. The van der Waals surface area contributed by atoms with Crippen molar-refractivity contribution < 1.29 is 13.3 Å². The number of hydrogen-bond acceptors (Lipinski definition) is 6. The first-order valence-electron chi connectivity index (χ1n) is 10.9. The molecule has 1 aromatic rings. The van der Waals surface area contributed by atoms with Gasteiger partial charge >= 0.3 is 0 Å². The molecule has 0 bridgehead atoms. The second-order valence-electron chi connectivity index (χ2n) is 7.93. The van der Waals surface area contributed by atoms with Gasteiger partial charge in [-0.15, -0.1) is 4.99 Å². The van der Waals surface area contributed by atoms with Crippen molar-refractivity contribution in [3.05, 3.63) is 24.5 Å². The fourth-order valence-electron chi connectivity index (χ4n) is 3.74. The molecule has 0 amide bonds. The maximum absolute atomic E-state index is 12.0. The van der Waals surface area contributed by atoms with E-state index < -0.39 is 10.0 Å². The van der Waals surface area contributed by atoms with E-state index >= 15 is 0 Å². The largest absolute Gasteiger partial charge is 0.369 e. The van der Waals surface area contributed by atoms with Crippen molar-refractivity contribution in [2.75, 3.05) is 30.9 Å². The molecule has 9 nitrogen and oxygen atoms in total. The summed E-state index contributed by atoms with van der Waals surface area (Å²) >= 11 is 0. The van der Waals surface area contributed by atoms with Gasteiger partial charge in [-0.2, -0.15) is 5.26 Å². The van der Waals surface area contributed by atoms with E-state index in [1.807, 2.05) is 12.1 Å². The number of aliphatic imine (C=N–C) groups is 1. The van der Waals surface area contributed by atoms with E-state index in [-0.39, 0.29) is 5.96 Å². The van der Waals surface area contributed by atoms with Crippen LogP contribution in [-0.4, -0.2) is 49.8 Å². The third-order valence-electron chi connectivity index (χ3n) is 5.44. The molecule has 1 aliphatic rings. The van der Waals surface area contributed by atoms with Crippen molar-refractivity contribution >= 4 is 21.7 Å². The first-order chi connectivity index (χ1) is 14.9. The number of pyridine rings is 1. The van der Waals surface area contributed by atoms with Gasteiger partial charge in [-0.1, -0.05) is 36.6 Å². The molecule has 1 saturated carbocycles. The molecule has 0 saturated heterocycles. The van der Waals surface area contributed by atoms with E-state index in [9.17, 15) is 8.42 Å². The molecule has 10 heteroatoms. The smallest absolute Gasteiger partial charge is 0.233 e. The maximum atomic E-state index is 12.0. The monoisotopic (exact) mass is 450 g/mol. The number of anilines is 1. The Bertz CT molecular complexity index is 819. The molecule has 1 fully saturated rings. The highest BCUT2D eigenvalue weighted by Gasteiger charge is 2.21. The van der Waals surface area contributed by atoms with Gasteiger partial charge in [0, 0.05) is 31.2 Å². The summed E-state index contributed by atoms with van der Waals surface area (Å²) in [5.74, 6) is 0.603. The SMILES string of the molecule is CS(=O)(=O)N(CCCCCCN(C(N)=NC#N)c1ccncc1)OCC1CCCCC1. The molecule has 2 rings (SSSR count). The molecular weight excluding hydrogens is 416 g/mol. The number of rotatable bonds is 12. The van der Waals surface area contributed by atoms with E-state index in [0.29, 0.717) is 25.6 Å². The normalized spacial score (nSPS) is 15.7. The zero-order valence-corrected chi connectivity index (χ0v) is 19.1. The second kappa shape index (κ2) is 13.2. The van der Waals surface area contributed by atoms with Crippen molar-refractivity contribution in [3.8, 4) is 6.19 Å². The third kappa shape index (κ3) is 9.21. The van der Waals surface area contributed by atoms with Crippen LogP contribution < -0.4 is 10.6 Å². The van der Waals surface area contributed by atoms with Crippen LogP contribution in [0.3, 0.4) is 0 Å². The molecule has 1 heterocycles. The minimum Gasteiger partial charge on any atom is -0.369 e. The number of hydroxylamine groups is 1. The van der Waals surface area contributed by atoms with Crippen molar-refractivity contribution in [1.82, 2.24) is 9.45 Å². The Kier molecular flexibility index (Phi) is 10.7. The van der Waals surface area contributed by atoms with Crippen molar-refractivity contribution in [3.63, 3.8) is 0 Å². The predicted octanol–water partition coefficient (Wildman–Crippen LogP) is 3.02. The van der Waals surface area contributed by atoms with E-state index in [4.69, 9.17) is 15.8 Å². The van der Waals surface area contributed by atoms with Crippen LogP contribution in [-0.2, 0) is 14.9 Å². The van der Waals surface area contributed by atoms with Gasteiger partial charge in [0.2, 0.25) is 22.2 Å². The average Bonchev–Trinajstić information content (AvgIpc) is 2.75. The van der Waals surface area contributed by atoms with Gasteiger partial charge in [0.25, 0.3) is 0 Å². The van der Waals surface area contributed by atoms with Gasteiger partial charge in [-0.3, -0.25) is 9.82 Å². The number of sulfonamides is 1. The highest BCUT2D eigenvalue weighted by Crippen LogP contribution is 2.24. The van der Waals surface area contributed by atoms with Gasteiger partial charge in [0.05, 0.1) is 12.9 Å². The number of nitriles is 1. The van der Waals surface area contributed by atoms with Crippen molar-refractivity contribution in [2.45, 2.75) is 57.8 Å². The van der Waals surface area contributed by atoms with E-state index in [0.717, 1.165) is 48.7 Å². The molecule has 0 spiro atoms. The summed E-state index contributed by atoms with van der Waals surface area (Å²) in [6.07, 6.45) is 15.4. The predicted molar refractivity (Wildman–Crippen MR) is 121 cm³/mol. The zero-order chi connectivity index (χ0) is 22.5. The summed E-state index contributed by atoms with van der Waals surface area (Å²) in [5, 5.41) is 8.80. The van der Waals surface area contributed by atoms with Gasteiger partial charge in [-0.05, 0) is 43.7 Å². The molecule has 0 aliphatic heterocycles. The number of hydrogen-bond donors (Lipinski definition) is 1. The molecule has 31 heavy (non-hydrogen) atoms. The lowest BCUT2D eigenvalue weighted by Gasteiger charge is -2.25. The lowest BCUT2D eigenvalue weighted by atomic mass is 9.90. The fraction of sp³-hybridized carbons (Fsp3) is 0.667. The molecule has 0 atom stereocenters. The summed E-state index contributed by atoms with van der Waals surface area (Å²) in [6.45, 7) is 1.44. The van der Waals surface area contributed by atoms with Crippen LogP contribution in [0, 0.1) is 17.4 Å². The first-order valence-corrected chi connectivity index (χ1v) is 12.8. The van der Waals surface area contributed by atoms with Gasteiger partial charge in [0.15, 0.2) is 0 Å². The first kappa shape index (κ1) is 25.0. The third-order valence-corrected chi connectivity index (χ3v) is 6.46. The van der Waals surface area contributed by atoms with Gasteiger partial charge in [0.1, 0.15) is 0 Å². The highest BCUT2D eigenvalue weighted by molar-refractivity contribution is 7.88. The van der Waals surface area contributed by atoms with E-state index in [1.165, 1.54) is 25.5 Å². The van der Waals surface area contributed by atoms with Crippen LogP contribution in [0.25, 0.3) is 0 Å². The average molecular weight is 451 g/mol. The molecule has 0 unspecified atom stereocenters. The van der Waals surface area contributed by atoms with E-state index in [2.05, 4.69) is 9.98 Å². The summed E-state index contributed by atoms with van der Waals surface area (Å²) in [6, 6.07) is 3.63. The molecule has 1 aromatic heterocycles. The van der Waals surface area contributed by atoms with Crippen LogP contribution in [0.4, 0.5) is 5.69 Å². The minimum atomic E-state index is -3.39. The minimum absolute atomic E-state index is 0.146.